The number of methoxy groups -OCH3 is 1. The van der Waals surface area contributed by atoms with Crippen LogP contribution in [0.3, 0.4) is 0 Å². The van der Waals surface area contributed by atoms with E-state index in [1.54, 1.807) is 6.08 Å². The number of ether oxygens (including phenoxy) is 4. The summed E-state index contributed by atoms with van der Waals surface area (Å²) in [5.41, 5.74) is -2.04. The lowest BCUT2D eigenvalue weighted by atomic mass is 9.55. The normalized spacial score (nSPS) is 26.3. The van der Waals surface area contributed by atoms with Crippen LogP contribution in [-0.2, 0) is 47.7 Å². The first kappa shape index (κ1) is 24.0. The van der Waals surface area contributed by atoms with Gasteiger partial charge in [-0.2, -0.15) is 0 Å². The van der Waals surface area contributed by atoms with Crippen LogP contribution in [0, 0.1) is 17.3 Å². The Balaban J connectivity index is 2.67. The van der Waals surface area contributed by atoms with Gasteiger partial charge in [-0.05, 0) is 18.6 Å². The fourth-order valence-corrected chi connectivity index (χ4v) is 4.12. The van der Waals surface area contributed by atoms with E-state index >= 15 is 0 Å². The predicted molar refractivity (Wildman–Crippen MR) is 102 cm³/mol. The zero-order chi connectivity index (χ0) is 23.3. The Morgan fingerprint density at radius 3 is 2.23 bits per heavy atom. The maximum Gasteiger partial charge on any atom is 0.321 e. The lowest BCUT2D eigenvalue weighted by Gasteiger charge is -2.46. The molecule has 0 heterocycles. The van der Waals surface area contributed by atoms with E-state index < -0.39 is 71.5 Å². The topological polar surface area (TPSA) is 139 Å². The predicted octanol–water partition coefficient (Wildman–Crippen LogP) is 0.473. The number of hydrogen-bond donors (Lipinski definition) is 0. The molecule has 2 rings (SSSR count). The summed E-state index contributed by atoms with van der Waals surface area (Å²) in [6, 6.07) is 0. The monoisotopic (exact) mass is 436 g/mol. The van der Waals surface area contributed by atoms with Crippen LogP contribution in [0.2, 0.25) is 0 Å². The fraction of sp³-hybridized carbons (Fsp3) is 0.524. The molecule has 0 spiro atoms. The molecule has 0 saturated heterocycles. The van der Waals surface area contributed by atoms with Crippen LogP contribution in [0.5, 0.6) is 0 Å². The van der Waals surface area contributed by atoms with Crippen LogP contribution in [0.25, 0.3) is 0 Å². The molecule has 10 heteroatoms. The van der Waals surface area contributed by atoms with E-state index in [1.165, 1.54) is 6.08 Å². The minimum absolute atomic E-state index is 0.0789. The van der Waals surface area contributed by atoms with Gasteiger partial charge in [0.05, 0.1) is 7.11 Å². The van der Waals surface area contributed by atoms with Crippen molar-refractivity contribution in [3.63, 3.8) is 0 Å². The summed E-state index contributed by atoms with van der Waals surface area (Å²) in [6.45, 7) is 2.81. The van der Waals surface area contributed by atoms with Crippen LogP contribution >= 0.6 is 0 Å². The largest absolute Gasteiger partial charge is 0.468 e. The van der Waals surface area contributed by atoms with Gasteiger partial charge in [0.25, 0.3) is 0 Å². The first-order valence-electron chi connectivity index (χ1n) is 9.54. The van der Waals surface area contributed by atoms with E-state index in [2.05, 4.69) is 0 Å². The Morgan fingerprint density at radius 2 is 1.68 bits per heavy atom. The third-order valence-electron chi connectivity index (χ3n) is 5.25. The van der Waals surface area contributed by atoms with Crippen LogP contribution in [-0.4, -0.2) is 61.4 Å². The average molecular weight is 436 g/mol. The van der Waals surface area contributed by atoms with Gasteiger partial charge in [0.1, 0.15) is 12.7 Å². The molecule has 0 amide bonds. The average Bonchev–Trinajstić information content (AvgIpc) is 2.70. The molecule has 0 N–H and O–H groups in total. The van der Waals surface area contributed by atoms with E-state index in [0.717, 1.165) is 40.0 Å². The van der Waals surface area contributed by atoms with Crippen LogP contribution in [0.15, 0.2) is 24.3 Å². The highest BCUT2D eigenvalue weighted by atomic mass is 16.6. The molecule has 2 aliphatic carbocycles. The fourth-order valence-electron chi connectivity index (χ4n) is 4.12. The summed E-state index contributed by atoms with van der Waals surface area (Å²) in [4.78, 5) is 73.6. The first-order valence-corrected chi connectivity index (χ1v) is 9.54. The van der Waals surface area contributed by atoms with Crippen molar-refractivity contribution in [2.45, 2.75) is 39.4 Å². The van der Waals surface area contributed by atoms with Crippen molar-refractivity contribution in [2.75, 3.05) is 13.7 Å². The molecular weight excluding hydrogens is 412 g/mol. The van der Waals surface area contributed by atoms with Crippen molar-refractivity contribution in [2.24, 2.45) is 17.3 Å². The molecule has 31 heavy (non-hydrogen) atoms. The summed E-state index contributed by atoms with van der Waals surface area (Å²) in [5.74, 6) is -6.75. The van der Waals surface area contributed by atoms with Gasteiger partial charge in [-0.3, -0.25) is 28.8 Å². The van der Waals surface area contributed by atoms with E-state index in [0.29, 0.717) is 0 Å². The summed E-state index contributed by atoms with van der Waals surface area (Å²) in [6.07, 6.45) is 2.41. The number of rotatable bonds is 7. The quantitative estimate of drug-likeness (QED) is 0.239. The zero-order valence-corrected chi connectivity index (χ0v) is 17.6. The van der Waals surface area contributed by atoms with Gasteiger partial charge in [-0.25, -0.2) is 0 Å². The molecule has 5 atom stereocenters. The van der Waals surface area contributed by atoms with Crippen LogP contribution in [0.4, 0.5) is 0 Å². The molecule has 0 aromatic rings. The highest BCUT2D eigenvalue weighted by Crippen LogP contribution is 2.50. The number of carbonyl (C=O) groups is 6. The SMILES string of the molecule is COC(=O)C12C(=O)C=CC(=O)C1CC=CC2C(OC(C)=O)C(COC(C)=O)OC(C)=O. The van der Waals surface area contributed by atoms with Crippen molar-refractivity contribution in [1.29, 1.82) is 0 Å². The van der Waals surface area contributed by atoms with Gasteiger partial charge in [0.15, 0.2) is 23.1 Å². The van der Waals surface area contributed by atoms with Gasteiger partial charge < -0.3 is 18.9 Å². The van der Waals surface area contributed by atoms with Crippen molar-refractivity contribution >= 4 is 35.4 Å². The number of esters is 4. The lowest BCUT2D eigenvalue weighted by molar-refractivity contribution is -0.190. The Kier molecular flexibility index (Phi) is 7.48. The van der Waals surface area contributed by atoms with E-state index in [4.69, 9.17) is 18.9 Å². The smallest absolute Gasteiger partial charge is 0.321 e. The number of hydrogen-bond acceptors (Lipinski definition) is 10. The summed E-state index contributed by atoms with van der Waals surface area (Å²) >= 11 is 0. The van der Waals surface area contributed by atoms with E-state index in [9.17, 15) is 28.8 Å². The summed E-state index contributed by atoms with van der Waals surface area (Å²) in [7, 11) is 1.07. The molecule has 0 aromatic heterocycles. The molecule has 0 saturated carbocycles. The number of fused-ring (bicyclic) bond motifs is 1. The van der Waals surface area contributed by atoms with E-state index in [-0.39, 0.29) is 6.42 Å². The first-order chi connectivity index (χ1) is 14.5. The molecule has 5 unspecified atom stereocenters. The Hall–Kier alpha value is -3.30. The van der Waals surface area contributed by atoms with Gasteiger partial charge in [0.2, 0.25) is 0 Å². The molecule has 0 bridgehead atoms. The second-order valence-corrected chi connectivity index (χ2v) is 7.23. The maximum atomic E-state index is 13.1. The number of ketones is 2. The third kappa shape index (κ3) is 4.73. The van der Waals surface area contributed by atoms with Gasteiger partial charge in [-0.15, -0.1) is 0 Å². The zero-order valence-electron chi connectivity index (χ0n) is 17.6. The number of carbonyl (C=O) groups excluding carboxylic acids is 6. The van der Waals surface area contributed by atoms with Gasteiger partial charge in [0, 0.05) is 32.6 Å². The minimum Gasteiger partial charge on any atom is -0.468 e. The van der Waals surface area contributed by atoms with Crippen molar-refractivity contribution in [3.8, 4) is 0 Å². The summed E-state index contributed by atoms with van der Waals surface area (Å²) < 4.78 is 20.5. The van der Waals surface area contributed by atoms with Crippen molar-refractivity contribution < 1.29 is 47.7 Å². The Morgan fingerprint density at radius 1 is 1.03 bits per heavy atom. The van der Waals surface area contributed by atoms with Gasteiger partial charge >= 0.3 is 23.9 Å². The van der Waals surface area contributed by atoms with Crippen molar-refractivity contribution in [3.05, 3.63) is 24.3 Å². The highest BCUT2D eigenvalue weighted by Gasteiger charge is 2.64. The van der Waals surface area contributed by atoms with Crippen molar-refractivity contribution in [1.82, 2.24) is 0 Å². The Labute approximate surface area is 178 Å². The second-order valence-electron chi connectivity index (χ2n) is 7.23. The van der Waals surface area contributed by atoms with Crippen LogP contribution < -0.4 is 0 Å². The standard InChI is InChI=1S/C21H24O10/c1-11(22)29-10-17(30-12(2)23)19(31-13(3)24)15-7-5-6-14-16(25)8-9-18(26)21(14,15)20(27)28-4/h5,7-9,14-15,17,19H,6,10H2,1-4H3. The molecule has 0 fully saturated rings. The molecule has 10 nitrogen and oxygen atoms in total. The molecule has 2 aliphatic rings. The maximum absolute atomic E-state index is 13.1. The molecule has 0 radical (unpaired) electrons. The lowest BCUT2D eigenvalue weighted by Crippen LogP contribution is -2.61. The molecular formula is C21H24O10. The third-order valence-corrected chi connectivity index (χ3v) is 5.25. The van der Waals surface area contributed by atoms with E-state index in [1.807, 2.05) is 0 Å². The van der Waals surface area contributed by atoms with Gasteiger partial charge in [-0.1, -0.05) is 12.2 Å². The highest BCUT2D eigenvalue weighted by molar-refractivity contribution is 6.19. The number of allylic oxidation sites excluding steroid dienone is 3. The molecule has 168 valence electrons. The molecule has 0 aromatic carbocycles. The second kappa shape index (κ2) is 9.67. The van der Waals surface area contributed by atoms with Crippen LogP contribution in [0.1, 0.15) is 27.2 Å². The molecule has 0 aliphatic heterocycles. The minimum atomic E-state index is -2.04. The summed E-state index contributed by atoms with van der Waals surface area (Å²) in [5, 5.41) is 0. The Bertz CT molecular complexity index is 854.